The fourth-order valence-electron chi connectivity index (χ4n) is 8.94. The second kappa shape index (κ2) is 10.1. The van der Waals surface area contributed by atoms with Crippen LogP contribution in [-0.4, -0.2) is 8.97 Å². The highest BCUT2D eigenvalue weighted by Crippen LogP contribution is 2.45. The molecule has 0 atom stereocenters. The maximum absolute atomic E-state index is 2.53. The summed E-state index contributed by atoms with van der Waals surface area (Å²) >= 11 is 1.90. The number of hydrogen-bond donors (Lipinski definition) is 0. The number of rotatable bonds is 2. The maximum atomic E-state index is 2.53. The predicted octanol–water partition coefficient (Wildman–Crippen LogP) is 13.7. The topological polar surface area (TPSA) is 9.34 Å². The molecule has 0 aliphatic rings. The largest absolute Gasteiger partial charge is 0.309 e. The van der Waals surface area contributed by atoms with Crippen molar-refractivity contribution in [3.63, 3.8) is 0 Å². The molecule has 51 heavy (non-hydrogen) atoms. The Morgan fingerprint density at radius 3 is 1.53 bits per heavy atom. The monoisotopic (exact) mass is 664 g/mol. The quantitative estimate of drug-likeness (QED) is 0.174. The molecule has 8 aromatic carbocycles. The van der Waals surface area contributed by atoms with Crippen molar-refractivity contribution in [1.82, 2.24) is 8.97 Å². The second-order valence-electron chi connectivity index (χ2n) is 13.7. The van der Waals surface area contributed by atoms with Gasteiger partial charge in [-0.1, -0.05) is 109 Å². The first-order valence-electron chi connectivity index (χ1n) is 17.5. The summed E-state index contributed by atoms with van der Waals surface area (Å²) in [5, 5.41) is 12.9. The van der Waals surface area contributed by atoms with Gasteiger partial charge in [0.1, 0.15) is 0 Å². The molecule has 0 radical (unpaired) electrons. The molecule has 0 aliphatic carbocycles. The van der Waals surface area contributed by atoms with Crippen LogP contribution in [0.25, 0.3) is 108 Å². The maximum Gasteiger partial charge on any atom is 0.0619 e. The van der Waals surface area contributed by atoms with Crippen molar-refractivity contribution in [2.75, 3.05) is 0 Å². The van der Waals surface area contributed by atoms with Crippen molar-refractivity contribution in [1.29, 1.82) is 0 Å². The molecular weight excluding hydrogens is 637 g/mol. The van der Waals surface area contributed by atoms with Gasteiger partial charge in [0.05, 0.1) is 27.6 Å². The summed E-state index contributed by atoms with van der Waals surface area (Å²) in [5.41, 5.74) is 9.76. The molecule has 12 aromatic rings. The first kappa shape index (κ1) is 27.4. The fourth-order valence-corrected chi connectivity index (χ4v) is 10.1. The molecule has 2 nitrogen and oxygen atoms in total. The average molecular weight is 665 g/mol. The van der Waals surface area contributed by atoms with E-state index in [-0.39, 0.29) is 0 Å². The molecule has 3 heteroatoms. The number of benzene rings is 8. The van der Waals surface area contributed by atoms with Gasteiger partial charge in [-0.3, -0.25) is 0 Å². The third-order valence-corrected chi connectivity index (χ3v) is 12.2. The molecule has 0 amide bonds. The minimum Gasteiger partial charge on any atom is -0.309 e. The van der Waals surface area contributed by atoms with Gasteiger partial charge in [-0.05, 0) is 82.6 Å². The third-order valence-electron chi connectivity index (χ3n) is 11.1. The summed E-state index contributed by atoms with van der Waals surface area (Å²) in [7, 11) is 0. The number of para-hydroxylation sites is 4. The molecular formula is C48H28N2S. The van der Waals surface area contributed by atoms with Crippen LogP contribution in [0.5, 0.6) is 0 Å². The van der Waals surface area contributed by atoms with E-state index in [0.29, 0.717) is 0 Å². The standard InChI is InChI=1S/C48H28N2S/c1-2-11-31(12-3-1)49-40-19-6-5-14-33(40)38-27-29(23-25-42(38)49)30-24-26-43-39(28-30)37-18-8-17-36-35-16-10-22-45-47(35)46-34(15-9-21-44(46)51-45)32-13-4-7-20-41(32)50(43)48(36)37/h1-28H. The van der Waals surface area contributed by atoms with E-state index >= 15 is 0 Å². The van der Waals surface area contributed by atoms with E-state index in [2.05, 4.69) is 179 Å². The molecule has 0 unspecified atom stereocenters. The highest BCUT2D eigenvalue weighted by atomic mass is 32.1. The molecule has 0 spiro atoms. The second-order valence-corrected chi connectivity index (χ2v) is 14.7. The summed E-state index contributed by atoms with van der Waals surface area (Å²) in [6.07, 6.45) is 0. The number of hydrogen-bond acceptors (Lipinski definition) is 1. The Hall–Kier alpha value is -6.42. The van der Waals surface area contributed by atoms with Crippen LogP contribution < -0.4 is 0 Å². The lowest BCUT2D eigenvalue weighted by molar-refractivity contribution is 1.18. The van der Waals surface area contributed by atoms with Crippen LogP contribution in [0.4, 0.5) is 0 Å². The predicted molar refractivity (Wildman–Crippen MR) is 220 cm³/mol. The minimum absolute atomic E-state index is 1.18. The van der Waals surface area contributed by atoms with Crippen LogP contribution >= 0.6 is 11.3 Å². The highest BCUT2D eigenvalue weighted by Gasteiger charge is 2.19. The zero-order chi connectivity index (χ0) is 33.2. The van der Waals surface area contributed by atoms with Crippen molar-refractivity contribution in [2.45, 2.75) is 0 Å². The lowest BCUT2D eigenvalue weighted by Gasteiger charge is -2.08. The van der Waals surface area contributed by atoms with Crippen molar-refractivity contribution >= 4 is 102 Å². The number of fused-ring (bicyclic) bond motifs is 10. The van der Waals surface area contributed by atoms with Crippen LogP contribution in [0.2, 0.25) is 0 Å². The zero-order valence-electron chi connectivity index (χ0n) is 27.5. The molecule has 0 saturated heterocycles. The van der Waals surface area contributed by atoms with Crippen molar-refractivity contribution in [3.8, 4) is 16.8 Å². The first-order valence-corrected chi connectivity index (χ1v) is 18.3. The van der Waals surface area contributed by atoms with E-state index in [1.165, 1.54) is 108 Å². The van der Waals surface area contributed by atoms with Crippen LogP contribution in [0.3, 0.4) is 0 Å². The molecule has 0 bridgehead atoms. The zero-order valence-corrected chi connectivity index (χ0v) is 28.3. The van der Waals surface area contributed by atoms with Gasteiger partial charge < -0.3 is 8.97 Å². The summed E-state index contributed by atoms with van der Waals surface area (Å²) in [6.45, 7) is 0. The Balaban J connectivity index is 1.21. The summed E-state index contributed by atoms with van der Waals surface area (Å²) in [5.74, 6) is 0. The van der Waals surface area contributed by atoms with Gasteiger partial charge in [-0.25, -0.2) is 0 Å². The number of aromatic nitrogens is 2. The molecule has 0 saturated carbocycles. The normalized spacial score (nSPS) is 12.3. The molecule has 0 aliphatic heterocycles. The van der Waals surface area contributed by atoms with E-state index in [1.807, 2.05) is 11.3 Å². The van der Waals surface area contributed by atoms with Crippen LogP contribution in [-0.2, 0) is 0 Å². The van der Waals surface area contributed by atoms with Crippen LogP contribution in [0.1, 0.15) is 0 Å². The highest BCUT2D eigenvalue weighted by molar-refractivity contribution is 7.26. The number of thiophene rings is 1. The molecule has 4 heterocycles. The van der Waals surface area contributed by atoms with E-state index in [1.54, 1.807) is 0 Å². The average Bonchev–Trinajstić information content (AvgIpc) is 3.86. The Morgan fingerprint density at radius 1 is 0.333 bits per heavy atom. The van der Waals surface area contributed by atoms with Gasteiger partial charge in [0, 0.05) is 58.2 Å². The Kier molecular flexibility index (Phi) is 5.41. The molecule has 0 fully saturated rings. The smallest absolute Gasteiger partial charge is 0.0619 e. The van der Waals surface area contributed by atoms with E-state index in [0.717, 1.165) is 0 Å². The first-order chi connectivity index (χ1) is 25.3. The Bertz CT molecular complexity index is 3410. The van der Waals surface area contributed by atoms with Crippen LogP contribution in [0, 0.1) is 0 Å². The van der Waals surface area contributed by atoms with Gasteiger partial charge in [-0.2, -0.15) is 0 Å². The summed E-state index contributed by atoms with van der Waals surface area (Å²) in [6, 6.07) is 63.0. The van der Waals surface area contributed by atoms with Gasteiger partial charge in [-0.15, -0.1) is 11.3 Å². The van der Waals surface area contributed by atoms with Crippen molar-refractivity contribution in [3.05, 3.63) is 170 Å². The third kappa shape index (κ3) is 3.65. The van der Waals surface area contributed by atoms with Crippen LogP contribution in [0.15, 0.2) is 170 Å². The van der Waals surface area contributed by atoms with E-state index in [9.17, 15) is 0 Å². The Morgan fingerprint density at radius 2 is 0.804 bits per heavy atom. The molecule has 236 valence electrons. The lowest BCUT2D eigenvalue weighted by Crippen LogP contribution is -1.92. The fraction of sp³-hybridized carbons (Fsp3) is 0. The molecule has 12 rings (SSSR count). The Labute approximate surface area is 296 Å². The minimum atomic E-state index is 1.18. The summed E-state index contributed by atoms with van der Waals surface area (Å²) in [4.78, 5) is 0. The van der Waals surface area contributed by atoms with Gasteiger partial charge in [0.25, 0.3) is 0 Å². The van der Waals surface area contributed by atoms with Gasteiger partial charge in [0.2, 0.25) is 0 Å². The van der Waals surface area contributed by atoms with E-state index < -0.39 is 0 Å². The van der Waals surface area contributed by atoms with Gasteiger partial charge in [0.15, 0.2) is 0 Å². The summed E-state index contributed by atoms with van der Waals surface area (Å²) < 4.78 is 7.58. The van der Waals surface area contributed by atoms with Crippen molar-refractivity contribution < 1.29 is 0 Å². The SMILES string of the molecule is c1ccc(-n2c3ccccc3c3cc(-c4ccc5c(c4)c4cccc6c7cccc8sc9cccc(c%10ccccc%10n5c64)c9c87)ccc32)cc1. The van der Waals surface area contributed by atoms with E-state index in [4.69, 9.17) is 0 Å². The molecule has 0 N–H and O–H groups in total. The van der Waals surface area contributed by atoms with Crippen molar-refractivity contribution in [2.24, 2.45) is 0 Å². The molecule has 4 aromatic heterocycles. The number of nitrogens with zero attached hydrogens (tertiary/aromatic N) is 2. The lowest BCUT2D eigenvalue weighted by atomic mass is 9.99. The van der Waals surface area contributed by atoms with Gasteiger partial charge >= 0.3 is 0 Å².